The molecule has 0 bridgehead atoms. The summed E-state index contributed by atoms with van der Waals surface area (Å²) in [4.78, 5) is 2.22. The highest BCUT2D eigenvalue weighted by Gasteiger charge is 2.30. The number of hydrogen-bond acceptors (Lipinski definition) is 2. The summed E-state index contributed by atoms with van der Waals surface area (Å²) < 4.78 is 7.72. The Morgan fingerprint density at radius 2 is 1.85 bits per heavy atom. The fourth-order valence-corrected chi connectivity index (χ4v) is 3.97. The lowest BCUT2D eigenvalue weighted by Crippen LogP contribution is -2.44. The SMILES string of the molecule is COc1ccccc1NC(=S)N1CCn2cccc2[C@H]1c1ccc(Cl)cc1. The summed E-state index contributed by atoms with van der Waals surface area (Å²) in [7, 11) is 1.66. The molecule has 6 heteroatoms. The maximum Gasteiger partial charge on any atom is 0.174 e. The van der Waals surface area contributed by atoms with Crippen molar-refractivity contribution >= 4 is 34.6 Å². The van der Waals surface area contributed by atoms with Crippen molar-refractivity contribution in [2.24, 2.45) is 0 Å². The molecule has 0 amide bonds. The Balaban J connectivity index is 1.68. The van der Waals surface area contributed by atoms with Gasteiger partial charge < -0.3 is 19.5 Å². The first-order chi connectivity index (χ1) is 13.2. The number of thiocarbonyl (C=S) groups is 1. The molecule has 0 fully saturated rings. The summed E-state index contributed by atoms with van der Waals surface area (Å²) in [6.07, 6.45) is 2.12. The Morgan fingerprint density at radius 3 is 2.63 bits per heavy atom. The van der Waals surface area contributed by atoms with E-state index in [0.717, 1.165) is 35.1 Å². The predicted octanol–water partition coefficient (Wildman–Crippen LogP) is 4.95. The highest BCUT2D eigenvalue weighted by molar-refractivity contribution is 7.80. The zero-order valence-electron chi connectivity index (χ0n) is 14.9. The normalized spacial score (nSPS) is 15.9. The van der Waals surface area contributed by atoms with Gasteiger partial charge in [0.1, 0.15) is 5.75 Å². The monoisotopic (exact) mass is 397 g/mol. The lowest BCUT2D eigenvalue weighted by Gasteiger charge is -2.39. The van der Waals surface area contributed by atoms with E-state index >= 15 is 0 Å². The van der Waals surface area contributed by atoms with Gasteiger partial charge in [0, 0.05) is 30.0 Å². The van der Waals surface area contributed by atoms with Crippen molar-refractivity contribution < 1.29 is 4.74 Å². The minimum Gasteiger partial charge on any atom is -0.495 e. The van der Waals surface area contributed by atoms with Crippen molar-refractivity contribution in [1.82, 2.24) is 9.47 Å². The van der Waals surface area contributed by atoms with Crippen molar-refractivity contribution in [3.63, 3.8) is 0 Å². The van der Waals surface area contributed by atoms with Crippen molar-refractivity contribution in [2.75, 3.05) is 19.0 Å². The van der Waals surface area contributed by atoms with E-state index in [0.29, 0.717) is 5.11 Å². The number of ether oxygens (including phenoxy) is 1. The number of anilines is 1. The number of nitrogens with one attached hydrogen (secondary N) is 1. The largest absolute Gasteiger partial charge is 0.495 e. The third-order valence-corrected chi connectivity index (χ3v) is 5.42. The van der Waals surface area contributed by atoms with Gasteiger partial charge in [-0.15, -0.1) is 0 Å². The summed E-state index contributed by atoms with van der Waals surface area (Å²) in [6.45, 7) is 1.70. The Morgan fingerprint density at radius 1 is 1.07 bits per heavy atom. The average molecular weight is 398 g/mol. The number of benzene rings is 2. The number of nitrogens with zero attached hydrogens (tertiary/aromatic N) is 2. The minimum atomic E-state index is 0.0284. The van der Waals surface area contributed by atoms with Crippen LogP contribution >= 0.6 is 23.8 Å². The molecule has 2 heterocycles. The van der Waals surface area contributed by atoms with E-state index in [1.807, 2.05) is 36.4 Å². The maximum absolute atomic E-state index is 6.10. The predicted molar refractivity (Wildman–Crippen MR) is 114 cm³/mol. The van der Waals surface area contributed by atoms with Crippen LogP contribution in [0.1, 0.15) is 17.3 Å². The van der Waals surface area contributed by atoms with Crippen LogP contribution in [0.25, 0.3) is 0 Å². The maximum atomic E-state index is 6.10. The Labute approximate surface area is 169 Å². The Hall–Kier alpha value is -2.50. The Kier molecular flexibility index (Phi) is 5.05. The molecular weight excluding hydrogens is 378 g/mol. The highest BCUT2D eigenvalue weighted by atomic mass is 35.5. The molecule has 0 unspecified atom stereocenters. The molecule has 2 aromatic carbocycles. The van der Waals surface area contributed by atoms with Gasteiger partial charge in [0.05, 0.1) is 18.8 Å². The van der Waals surface area contributed by atoms with Crippen LogP contribution in [0, 0.1) is 0 Å². The molecule has 3 aromatic rings. The number of hydrogen-bond donors (Lipinski definition) is 1. The molecule has 0 spiro atoms. The third-order valence-electron chi connectivity index (χ3n) is 4.83. The zero-order valence-corrected chi connectivity index (χ0v) is 16.5. The van der Waals surface area contributed by atoms with E-state index in [9.17, 15) is 0 Å². The zero-order chi connectivity index (χ0) is 18.8. The van der Waals surface area contributed by atoms with Gasteiger partial charge in [0.2, 0.25) is 0 Å². The lowest BCUT2D eigenvalue weighted by molar-refractivity contribution is 0.293. The number of methoxy groups -OCH3 is 1. The molecule has 1 aliphatic rings. The van der Waals surface area contributed by atoms with Crippen LogP contribution in [-0.4, -0.2) is 28.2 Å². The van der Waals surface area contributed by atoms with Crippen LogP contribution in [0.2, 0.25) is 5.02 Å². The van der Waals surface area contributed by atoms with Gasteiger partial charge in [0.15, 0.2) is 5.11 Å². The van der Waals surface area contributed by atoms with Gasteiger partial charge in [-0.05, 0) is 54.2 Å². The molecule has 4 nitrogen and oxygen atoms in total. The minimum absolute atomic E-state index is 0.0284. The number of halogens is 1. The number of rotatable bonds is 3. The van der Waals surface area contributed by atoms with Crippen molar-refractivity contribution in [3.05, 3.63) is 83.1 Å². The van der Waals surface area contributed by atoms with E-state index in [1.165, 1.54) is 5.69 Å². The molecule has 4 rings (SSSR count). The van der Waals surface area contributed by atoms with Crippen molar-refractivity contribution in [2.45, 2.75) is 12.6 Å². The van der Waals surface area contributed by atoms with E-state index in [4.69, 9.17) is 28.6 Å². The summed E-state index contributed by atoms with van der Waals surface area (Å²) in [6, 6.07) is 20.0. The molecule has 1 aromatic heterocycles. The summed E-state index contributed by atoms with van der Waals surface area (Å²) in [5.74, 6) is 0.767. The summed E-state index contributed by atoms with van der Waals surface area (Å²) >= 11 is 11.9. The fraction of sp³-hybridized carbons (Fsp3) is 0.190. The molecule has 1 aliphatic heterocycles. The smallest absolute Gasteiger partial charge is 0.174 e. The van der Waals surface area contributed by atoms with Crippen LogP contribution < -0.4 is 10.1 Å². The molecule has 0 radical (unpaired) electrons. The molecular formula is C21H20ClN3OS. The molecule has 0 aliphatic carbocycles. The first kappa shape index (κ1) is 17.9. The Bertz CT molecular complexity index is 954. The number of para-hydroxylation sites is 2. The lowest BCUT2D eigenvalue weighted by atomic mass is 10.0. The van der Waals surface area contributed by atoms with Crippen LogP contribution in [0.15, 0.2) is 66.9 Å². The van der Waals surface area contributed by atoms with E-state index in [2.05, 4.69) is 45.2 Å². The van der Waals surface area contributed by atoms with Gasteiger partial charge >= 0.3 is 0 Å². The second-order valence-corrected chi connectivity index (χ2v) is 7.23. The average Bonchev–Trinajstić information content (AvgIpc) is 3.17. The van der Waals surface area contributed by atoms with E-state index in [-0.39, 0.29) is 6.04 Å². The van der Waals surface area contributed by atoms with Crippen LogP contribution in [-0.2, 0) is 6.54 Å². The number of aromatic nitrogens is 1. The summed E-state index contributed by atoms with van der Waals surface area (Å²) in [5, 5.41) is 4.76. The molecule has 27 heavy (non-hydrogen) atoms. The van der Waals surface area contributed by atoms with Crippen LogP contribution in [0.3, 0.4) is 0 Å². The van der Waals surface area contributed by atoms with Crippen LogP contribution in [0.5, 0.6) is 5.75 Å². The van der Waals surface area contributed by atoms with Crippen molar-refractivity contribution in [1.29, 1.82) is 0 Å². The molecule has 0 saturated carbocycles. The molecule has 1 atom stereocenters. The van der Waals surface area contributed by atoms with Gasteiger partial charge in [-0.25, -0.2) is 0 Å². The first-order valence-electron chi connectivity index (χ1n) is 8.78. The first-order valence-corrected chi connectivity index (χ1v) is 9.57. The number of fused-ring (bicyclic) bond motifs is 1. The van der Waals surface area contributed by atoms with Crippen LogP contribution in [0.4, 0.5) is 5.69 Å². The van der Waals surface area contributed by atoms with E-state index in [1.54, 1.807) is 7.11 Å². The standard InChI is InChI=1S/C21H20ClN3OS/c1-26-19-7-3-2-5-17(19)23-21(27)25-14-13-24-12-4-6-18(24)20(25)15-8-10-16(22)11-9-15/h2-12,20H,13-14H2,1H3,(H,23,27)/t20-/m1/s1. The molecule has 0 saturated heterocycles. The quantitative estimate of drug-likeness (QED) is 0.633. The fourth-order valence-electron chi connectivity index (χ4n) is 3.53. The van der Waals surface area contributed by atoms with Gasteiger partial charge in [-0.3, -0.25) is 0 Å². The van der Waals surface area contributed by atoms with Gasteiger partial charge in [0.25, 0.3) is 0 Å². The molecule has 138 valence electrons. The highest BCUT2D eigenvalue weighted by Crippen LogP contribution is 2.34. The van der Waals surface area contributed by atoms with E-state index < -0.39 is 0 Å². The second kappa shape index (κ2) is 7.62. The van der Waals surface area contributed by atoms with Gasteiger partial charge in [-0.1, -0.05) is 35.9 Å². The third kappa shape index (κ3) is 3.53. The summed E-state index contributed by atoms with van der Waals surface area (Å²) in [5.41, 5.74) is 3.23. The van der Waals surface area contributed by atoms with Gasteiger partial charge in [-0.2, -0.15) is 0 Å². The van der Waals surface area contributed by atoms with Crippen molar-refractivity contribution in [3.8, 4) is 5.75 Å². The second-order valence-electron chi connectivity index (χ2n) is 6.40. The molecule has 1 N–H and O–H groups in total. The topological polar surface area (TPSA) is 29.4 Å².